The van der Waals surface area contributed by atoms with E-state index in [1.807, 2.05) is 0 Å². The Morgan fingerprint density at radius 1 is 1.39 bits per heavy atom. The average molecular weight is 249 g/mol. The summed E-state index contributed by atoms with van der Waals surface area (Å²) in [7, 11) is 0. The molecule has 0 aromatic carbocycles. The first kappa shape index (κ1) is 13.6. The molecule has 0 radical (unpaired) electrons. The Hall–Kier alpha value is -0.830. The van der Waals surface area contributed by atoms with Gasteiger partial charge >= 0.3 is 0 Å². The molecule has 0 amide bonds. The van der Waals surface area contributed by atoms with E-state index < -0.39 is 0 Å². The lowest BCUT2D eigenvalue weighted by Crippen LogP contribution is -2.33. The molecule has 102 valence electrons. The topological polar surface area (TPSA) is 29.9 Å². The fourth-order valence-corrected chi connectivity index (χ4v) is 3.02. The second kappa shape index (κ2) is 6.37. The van der Waals surface area contributed by atoms with Crippen molar-refractivity contribution in [2.24, 2.45) is 5.92 Å². The number of aromatic nitrogens is 2. The first-order valence-electron chi connectivity index (χ1n) is 7.46. The Morgan fingerprint density at radius 3 is 2.83 bits per heavy atom. The SMILES string of the molecule is CCn1cc(C2CCCCC2CNC(C)C)cn1. The van der Waals surface area contributed by atoms with Crippen LogP contribution in [0.15, 0.2) is 12.4 Å². The summed E-state index contributed by atoms with van der Waals surface area (Å²) in [5.74, 6) is 1.50. The average Bonchev–Trinajstić information content (AvgIpc) is 2.85. The molecule has 0 bridgehead atoms. The summed E-state index contributed by atoms with van der Waals surface area (Å²) in [4.78, 5) is 0. The van der Waals surface area contributed by atoms with E-state index in [0.29, 0.717) is 12.0 Å². The first-order chi connectivity index (χ1) is 8.70. The van der Waals surface area contributed by atoms with Gasteiger partial charge in [-0.15, -0.1) is 0 Å². The van der Waals surface area contributed by atoms with E-state index in [-0.39, 0.29) is 0 Å². The van der Waals surface area contributed by atoms with E-state index in [0.717, 1.165) is 19.0 Å². The van der Waals surface area contributed by atoms with E-state index in [1.165, 1.54) is 31.2 Å². The Kier molecular flexibility index (Phi) is 4.81. The molecule has 1 aliphatic carbocycles. The van der Waals surface area contributed by atoms with Crippen LogP contribution in [0.25, 0.3) is 0 Å². The predicted molar refractivity (Wildman–Crippen MR) is 75.7 cm³/mol. The molecular weight excluding hydrogens is 222 g/mol. The van der Waals surface area contributed by atoms with Crippen LogP contribution in [0.2, 0.25) is 0 Å². The van der Waals surface area contributed by atoms with Gasteiger partial charge in [0.1, 0.15) is 0 Å². The van der Waals surface area contributed by atoms with Crippen LogP contribution >= 0.6 is 0 Å². The van der Waals surface area contributed by atoms with Gasteiger partial charge < -0.3 is 5.32 Å². The third-order valence-electron chi connectivity index (χ3n) is 4.10. The van der Waals surface area contributed by atoms with Gasteiger partial charge in [-0.25, -0.2) is 0 Å². The zero-order chi connectivity index (χ0) is 13.0. The second-order valence-electron chi connectivity index (χ2n) is 5.84. The van der Waals surface area contributed by atoms with Gasteiger partial charge in [-0.1, -0.05) is 26.7 Å². The van der Waals surface area contributed by atoms with Crippen LogP contribution in [0.1, 0.15) is 57.9 Å². The molecule has 3 heteroatoms. The zero-order valence-electron chi connectivity index (χ0n) is 12.0. The largest absolute Gasteiger partial charge is 0.314 e. The lowest BCUT2D eigenvalue weighted by Gasteiger charge is -2.31. The molecule has 1 saturated carbocycles. The minimum atomic E-state index is 0.589. The molecule has 1 aromatic heterocycles. The monoisotopic (exact) mass is 249 g/mol. The highest BCUT2D eigenvalue weighted by molar-refractivity contribution is 5.14. The van der Waals surface area contributed by atoms with Crippen molar-refractivity contribution >= 4 is 0 Å². The molecule has 2 rings (SSSR count). The summed E-state index contributed by atoms with van der Waals surface area (Å²) in [6.07, 6.45) is 9.80. The minimum absolute atomic E-state index is 0.589. The third-order valence-corrected chi connectivity index (χ3v) is 4.10. The number of aryl methyl sites for hydroxylation is 1. The van der Waals surface area contributed by atoms with Crippen molar-refractivity contribution in [1.82, 2.24) is 15.1 Å². The van der Waals surface area contributed by atoms with Crippen molar-refractivity contribution in [3.05, 3.63) is 18.0 Å². The maximum atomic E-state index is 4.44. The van der Waals surface area contributed by atoms with Crippen molar-refractivity contribution < 1.29 is 0 Å². The highest BCUT2D eigenvalue weighted by Gasteiger charge is 2.27. The fraction of sp³-hybridized carbons (Fsp3) is 0.800. The number of nitrogens with one attached hydrogen (secondary N) is 1. The van der Waals surface area contributed by atoms with Gasteiger partial charge in [-0.05, 0) is 43.7 Å². The second-order valence-corrected chi connectivity index (χ2v) is 5.84. The van der Waals surface area contributed by atoms with Gasteiger partial charge in [0, 0.05) is 18.8 Å². The summed E-state index contributed by atoms with van der Waals surface area (Å²) in [5, 5.41) is 8.04. The molecule has 1 fully saturated rings. The number of nitrogens with zero attached hydrogens (tertiary/aromatic N) is 2. The van der Waals surface area contributed by atoms with E-state index in [9.17, 15) is 0 Å². The number of hydrogen-bond donors (Lipinski definition) is 1. The lowest BCUT2D eigenvalue weighted by atomic mass is 9.76. The summed E-state index contributed by atoms with van der Waals surface area (Å²) < 4.78 is 2.05. The van der Waals surface area contributed by atoms with E-state index in [1.54, 1.807) is 0 Å². The molecule has 0 aliphatic heterocycles. The Labute approximate surface area is 111 Å². The van der Waals surface area contributed by atoms with Gasteiger partial charge in [0.15, 0.2) is 0 Å². The molecule has 18 heavy (non-hydrogen) atoms. The number of rotatable bonds is 5. The van der Waals surface area contributed by atoms with Crippen LogP contribution < -0.4 is 5.32 Å². The lowest BCUT2D eigenvalue weighted by molar-refractivity contribution is 0.289. The molecule has 1 heterocycles. The van der Waals surface area contributed by atoms with Crippen molar-refractivity contribution in [2.45, 2.75) is 65.0 Å². The number of hydrogen-bond acceptors (Lipinski definition) is 2. The summed E-state index contributed by atoms with van der Waals surface area (Å²) in [6.45, 7) is 8.73. The summed E-state index contributed by atoms with van der Waals surface area (Å²) in [5.41, 5.74) is 1.45. The van der Waals surface area contributed by atoms with Crippen LogP contribution in [0, 0.1) is 5.92 Å². The molecule has 1 N–H and O–H groups in total. The molecule has 2 atom stereocenters. The zero-order valence-corrected chi connectivity index (χ0v) is 12.0. The molecule has 3 nitrogen and oxygen atoms in total. The van der Waals surface area contributed by atoms with E-state index in [4.69, 9.17) is 0 Å². The molecule has 0 saturated heterocycles. The van der Waals surface area contributed by atoms with Crippen LogP contribution in [0.5, 0.6) is 0 Å². The maximum Gasteiger partial charge on any atom is 0.0524 e. The van der Waals surface area contributed by atoms with E-state index >= 15 is 0 Å². The molecule has 1 aromatic rings. The fourth-order valence-electron chi connectivity index (χ4n) is 3.02. The summed E-state index contributed by atoms with van der Waals surface area (Å²) >= 11 is 0. The third kappa shape index (κ3) is 3.35. The quantitative estimate of drug-likeness (QED) is 0.868. The Bertz CT molecular complexity index is 356. The van der Waals surface area contributed by atoms with Crippen LogP contribution in [-0.4, -0.2) is 22.4 Å². The van der Waals surface area contributed by atoms with E-state index in [2.05, 4.69) is 48.3 Å². The van der Waals surface area contributed by atoms with Crippen LogP contribution in [-0.2, 0) is 6.54 Å². The van der Waals surface area contributed by atoms with Crippen LogP contribution in [0.3, 0.4) is 0 Å². The first-order valence-corrected chi connectivity index (χ1v) is 7.46. The maximum absolute atomic E-state index is 4.44. The molecule has 1 aliphatic rings. The van der Waals surface area contributed by atoms with Crippen LogP contribution in [0.4, 0.5) is 0 Å². The van der Waals surface area contributed by atoms with Gasteiger partial charge in [0.05, 0.1) is 6.20 Å². The highest BCUT2D eigenvalue weighted by atomic mass is 15.3. The molecular formula is C15H27N3. The van der Waals surface area contributed by atoms with Crippen molar-refractivity contribution in [3.8, 4) is 0 Å². The van der Waals surface area contributed by atoms with Gasteiger partial charge in [-0.3, -0.25) is 4.68 Å². The Morgan fingerprint density at radius 2 is 2.17 bits per heavy atom. The van der Waals surface area contributed by atoms with Crippen molar-refractivity contribution in [1.29, 1.82) is 0 Å². The minimum Gasteiger partial charge on any atom is -0.314 e. The van der Waals surface area contributed by atoms with Gasteiger partial charge in [0.2, 0.25) is 0 Å². The molecule has 0 spiro atoms. The smallest absolute Gasteiger partial charge is 0.0524 e. The van der Waals surface area contributed by atoms with Gasteiger partial charge in [0.25, 0.3) is 0 Å². The Balaban J connectivity index is 2.02. The van der Waals surface area contributed by atoms with Gasteiger partial charge in [-0.2, -0.15) is 5.10 Å². The normalized spacial score (nSPS) is 24.7. The van der Waals surface area contributed by atoms with Crippen molar-refractivity contribution in [3.63, 3.8) is 0 Å². The molecule has 2 unspecified atom stereocenters. The highest BCUT2D eigenvalue weighted by Crippen LogP contribution is 2.37. The van der Waals surface area contributed by atoms with Crippen molar-refractivity contribution in [2.75, 3.05) is 6.54 Å². The predicted octanol–water partition coefficient (Wildman–Crippen LogP) is 3.17. The summed E-state index contributed by atoms with van der Waals surface area (Å²) in [6, 6.07) is 0.589. The standard InChI is InChI=1S/C15H27N3/c1-4-18-11-14(10-17-18)15-8-6-5-7-13(15)9-16-12(2)3/h10-13,15-16H,4-9H2,1-3H3.